The highest BCUT2D eigenvalue weighted by Gasteiger charge is 2.13. The Labute approximate surface area is 110 Å². The van der Waals surface area contributed by atoms with Gasteiger partial charge in [0, 0.05) is 0 Å². The molecule has 2 aromatic rings. The molecule has 0 saturated carbocycles. The maximum absolute atomic E-state index is 13.3. The van der Waals surface area contributed by atoms with Crippen LogP contribution in [0.5, 0.6) is 5.75 Å². The van der Waals surface area contributed by atoms with Gasteiger partial charge in [-0.1, -0.05) is 18.2 Å². The van der Waals surface area contributed by atoms with Crippen molar-refractivity contribution in [3.05, 3.63) is 64.7 Å². The quantitative estimate of drug-likeness (QED) is 0.921. The van der Waals surface area contributed by atoms with Crippen molar-refractivity contribution in [1.29, 1.82) is 0 Å². The van der Waals surface area contributed by atoms with Crippen molar-refractivity contribution in [3.8, 4) is 5.75 Å². The van der Waals surface area contributed by atoms with Crippen LogP contribution in [0.25, 0.3) is 0 Å². The first kappa shape index (κ1) is 13.5. The van der Waals surface area contributed by atoms with Crippen LogP contribution in [0.15, 0.2) is 36.4 Å². The van der Waals surface area contributed by atoms with E-state index in [0.717, 1.165) is 5.56 Å². The Kier molecular flexibility index (Phi) is 3.81. The summed E-state index contributed by atoms with van der Waals surface area (Å²) in [7, 11) is 1.40. The first-order valence-electron chi connectivity index (χ1n) is 5.88. The number of nitrogens with two attached hydrogens (primary N) is 1. The average molecular weight is 263 g/mol. The number of hydrogen-bond donors (Lipinski definition) is 1. The number of halogens is 2. The minimum Gasteiger partial charge on any atom is -0.494 e. The fourth-order valence-corrected chi connectivity index (χ4v) is 1.92. The van der Waals surface area contributed by atoms with E-state index >= 15 is 0 Å². The van der Waals surface area contributed by atoms with Crippen molar-refractivity contribution < 1.29 is 13.5 Å². The third-order valence-corrected chi connectivity index (χ3v) is 3.08. The highest BCUT2D eigenvalue weighted by atomic mass is 19.1. The second-order valence-electron chi connectivity index (χ2n) is 4.38. The van der Waals surface area contributed by atoms with Gasteiger partial charge in [-0.05, 0) is 41.8 Å². The normalized spacial score (nSPS) is 12.3. The standard InChI is InChI=1S/C15H15F2NO/c1-9-7-10(3-5-12(9)16)15(18)11-4-6-13(17)14(8-11)19-2/h3-8,15H,18H2,1-2H3. The van der Waals surface area contributed by atoms with Gasteiger partial charge in [0.2, 0.25) is 0 Å². The molecule has 2 rings (SSSR count). The molecule has 0 aliphatic rings. The van der Waals surface area contributed by atoms with Crippen LogP contribution in [0, 0.1) is 18.6 Å². The van der Waals surface area contributed by atoms with Crippen molar-refractivity contribution in [2.75, 3.05) is 7.11 Å². The van der Waals surface area contributed by atoms with Gasteiger partial charge in [-0.15, -0.1) is 0 Å². The fourth-order valence-electron chi connectivity index (χ4n) is 1.92. The predicted molar refractivity (Wildman–Crippen MR) is 70.1 cm³/mol. The van der Waals surface area contributed by atoms with Crippen LogP contribution in [-0.2, 0) is 0 Å². The molecule has 0 amide bonds. The van der Waals surface area contributed by atoms with Crippen molar-refractivity contribution in [2.45, 2.75) is 13.0 Å². The smallest absolute Gasteiger partial charge is 0.165 e. The molecule has 0 saturated heterocycles. The second kappa shape index (κ2) is 5.36. The number of ether oxygens (including phenoxy) is 1. The Balaban J connectivity index is 2.37. The van der Waals surface area contributed by atoms with Crippen molar-refractivity contribution >= 4 is 0 Å². The van der Waals surface area contributed by atoms with Gasteiger partial charge < -0.3 is 10.5 Å². The van der Waals surface area contributed by atoms with Gasteiger partial charge in [0.15, 0.2) is 11.6 Å². The monoisotopic (exact) mass is 263 g/mol. The molecule has 2 aromatic carbocycles. The lowest BCUT2D eigenvalue weighted by atomic mass is 9.98. The molecule has 1 unspecified atom stereocenters. The van der Waals surface area contributed by atoms with Crippen LogP contribution in [0.2, 0.25) is 0 Å². The highest BCUT2D eigenvalue weighted by molar-refractivity contribution is 5.38. The molecule has 0 heterocycles. The van der Waals surface area contributed by atoms with Crippen molar-refractivity contribution in [1.82, 2.24) is 0 Å². The number of benzene rings is 2. The van der Waals surface area contributed by atoms with E-state index in [2.05, 4.69) is 0 Å². The number of rotatable bonds is 3. The summed E-state index contributed by atoms with van der Waals surface area (Å²) in [6.07, 6.45) is 0. The van der Waals surface area contributed by atoms with Gasteiger partial charge in [0.05, 0.1) is 13.2 Å². The maximum Gasteiger partial charge on any atom is 0.165 e. The molecule has 1 atom stereocenters. The zero-order valence-electron chi connectivity index (χ0n) is 10.8. The third kappa shape index (κ3) is 2.74. The summed E-state index contributed by atoms with van der Waals surface area (Å²) in [5.74, 6) is -0.562. The molecule has 0 fully saturated rings. The summed E-state index contributed by atoms with van der Waals surface area (Å²) >= 11 is 0. The third-order valence-electron chi connectivity index (χ3n) is 3.08. The average Bonchev–Trinajstić information content (AvgIpc) is 2.41. The molecule has 0 aliphatic carbocycles. The Morgan fingerprint density at radius 1 is 1.00 bits per heavy atom. The van der Waals surface area contributed by atoms with Crippen LogP contribution in [0.4, 0.5) is 8.78 Å². The van der Waals surface area contributed by atoms with Crippen LogP contribution in [-0.4, -0.2) is 7.11 Å². The lowest BCUT2D eigenvalue weighted by molar-refractivity contribution is 0.385. The van der Waals surface area contributed by atoms with Crippen LogP contribution >= 0.6 is 0 Å². The Morgan fingerprint density at radius 2 is 1.58 bits per heavy atom. The van der Waals surface area contributed by atoms with E-state index in [1.165, 1.54) is 19.2 Å². The van der Waals surface area contributed by atoms with Crippen molar-refractivity contribution in [2.24, 2.45) is 5.73 Å². The van der Waals surface area contributed by atoms with E-state index in [0.29, 0.717) is 11.1 Å². The second-order valence-corrected chi connectivity index (χ2v) is 4.38. The van der Waals surface area contributed by atoms with E-state index < -0.39 is 11.9 Å². The molecule has 2 nitrogen and oxygen atoms in total. The Hall–Kier alpha value is -1.94. The summed E-state index contributed by atoms with van der Waals surface area (Å²) in [6, 6.07) is 8.71. The van der Waals surface area contributed by atoms with Crippen molar-refractivity contribution in [3.63, 3.8) is 0 Å². The first-order chi connectivity index (χ1) is 9.02. The molecule has 0 radical (unpaired) electrons. The SMILES string of the molecule is COc1cc(C(N)c2ccc(F)c(C)c2)ccc1F. The summed E-state index contributed by atoms with van der Waals surface area (Å²) < 4.78 is 31.5. The summed E-state index contributed by atoms with van der Waals surface area (Å²) in [6.45, 7) is 1.68. The molecular formula is C15H15F2NO. The van der Waals surface area contributed by atoms with Crippen LogP contribution in [0.1, 0.15) is 22.7 Å². The summed E-state index contributed by atoms with van der Waals surface area (Å²) in [4.78, 5) is 0. The summed E-state index contributed by atoms with van der Waals surface area (Å²) in [5.41, 5.74) is 8.12. The molecule has 0 aromatic heterocycles. The van der Waals surface area contributed by atoms with E-state index in [-0.39, 0.29) is 11.6 Å². The molecule has 0 spiro atoms. The Morgan fingerprint density at radius 3 is 2.16 bits per heavy atom. The molecular weight excluding hydrogens is 248 g/mol. The summed E-state index contributed by atoms with van der Waals surface area (Å²) in [5, 5.41) is 0. The van der Waals surface area contributed by atoms with Gasteiger partial charge in [-0.2, -0.15) is 0 Å². The Bertz CT molecular complexity index is 599. The van der Waals surface area contributed by atoms with Gasteiger partial charge in [0.25, 0.3) is 0 Å². The molecule has 4 heteroatoms. The first-order valence-corrected chi connectivity index (χ1v) is 5.88. The minimum atomic E-state index is -0.450. The number of hydrogen-bond acceptors (Lipinski definition) is 2. The van der Waals surface area contributed by atoms with Gasteiger partial charge in [0.1, 0.15) is 5.82 Å². The van der Waals surface area contributed by atoms with Crippen LogP contribution in [0.3, 0.4) is 0 Å². The molecule has 19 heavy (non-hydrogen) atoms. The predicted octanol–water partition coefficient (Wildman–Crippen LogP) is 3.33. The van der Waals surface area contributed by atoms with E-state index in [9.17, 15) is 8.78 Å². The fraction of sp³-hybridized carbons (Fsp3) is 0.200. The van der Waals surface area contributed by atoms with E-state index in [4.69, 9.17) is 10.5 Å². The zero-order valence-corrected chi connectivity index (χ0v) is 10.8. The number of methoxy groups -OCH3 is 1. The lowest BCUT2D eigenvalue weighted by Crippen LogP contribution is -2.12. The molecule has 0 aliphatic heterocycles. The van der Waals surface area contributed by atoms with E-state index in [1.807, 2.05) is 0 Å². The molecule has 0 bridgehead atoms. The van der Waals surface area contributed by atoms with Gasteiger partial charge in [-0.3, -0.25) is 0 Å². The molecule has 100 valence electrons. The highest BCUT2D eigenvalue weighted by Crippen LogP contribution is 2.26. The minimum absolute atomic E-state index is 0.145. The maximum atomic E-state index is 13.3. The molecule has 2 N–H and O–H groups in total. The van der Waals surface area contributed by atoms with Gasteiger partial charge in [-0.25, -0.2) is 8.78 Å². The lowest BCUT2D eigenvalue weighted by Gasteiger charge is -2.15. The van der Waals surface area contributed by atoms with Gasteiger partial charge >= 0.3 is 0 Å². The largest absolute Gasteiger partial charge is 0.494 e. The van der Waals surface area contributed by atoms with Crippen LogP contribution < -0.4 is 10.5 Å². The number of aryl methyl sites for hydroxylation is 1. The van der Waals surface area contributed by atoms with E-state index in [1.54, 1.807) is 31.2 Å². The zero-order chi connectivity index (χ0) is 14.0. The topological polar surface area (TPSA) is 35.2 Å².